The second-order valence-electron chi connectivity index (χ2n) is 5.77. The first-order chi connectivity index (χ1) is 11.7. The minimum atomic E-state index is 0.219. The maximum absolute atomic E-state index is 11.6. The molecule has 0 fully saturated rings. The Bertz CT molecular complexity index is 577. The third-order valence-corrected chi connectivity index (χ3v) is 3.76. The summed E-state index contributed by atoms with van der Waals surface area (Å²) in [6.45, 7) is 4.91. The summed E-state index contributed by atoms with van der Waals surface area (Å²) in [6.07, 6.45) is 10.9. The highest BCUT2D eigenvalue weighted by molar-refractivity contribution is 6.44. The Morgan fingerprint density at radius 1 is 1.25 bits per heavy atom. The number of benzene rings is 1. The number of carbonyl (C=O) groups excluding carboxylic acids is 2. The lowest BCUT2D eigenvalue weighted by atomic mass is 10.1. The lowest BCUT2D eigenvalue weighted by molar-refractivity contribution is -0.113. The van der Waals surface area contributed by atoms with Crippen LogP contribution in [0.2, 0.25) is 0 Å². The molecule has 0 unspecified atom stereocenters. The smallest absolute Gasteiger partial charge is 0.211 e. The van der Waals surface area contributed by atoms with Gasteiger partial charge in [-0.05, 0) is 37.5 Å². The van der Waals surface area contributed by atoms with Crippen molar-refractivity contribution in [2.24, 2.45) is 4.99 Å². The Hall–Kier alpha value is -2.23. The normalized spacial score (nSPS) is 12.7. The summed E-state index contributed by atoms with van der Waals surface area (Å²) >= 11 is 0. The van der Waals surface area contributed by atoms with Crippen LogP contribution < -0.4 is 5.32 Å². The minimum absolute atomic E-state index is 0.219. The Labute approximate surface area is 145 Å². The zero-order chi connectivity index (χ0) is 17.6. The second-order valence-corrected chi connectivity index (χ2v) is 5.77. The third-order valence-electron chi connectivity index (χ3n) is 3.76. The first-order valence-electron chi connectivity index (χ1n) is 8.69. The summed E-state index contributed by atoms with van der Waals surface area (Å²) in [5, 5.41) is 2.60. The monoisotopic (exact) mass is 328 g/mol. The molecule has 2 rings (SSSR count). The fourth-order valence-electron chi connectivity index (χ4n) is 2.33. The molecule has 4 heteroatoms. The summed E-state index contributed by atoms with van der Waals surface area (Å²) in [6, 6.07) is 7.64. The zero-order valence-corrected chi connectivity index (χ0v) is 14.8. The number of Topliss-reactive ketones (excluding diaryl/α,β-unsaturated/α-hetero) is 1. The lowest BCUT2D eigenvalue weighted by Gasteiger charge is -2.04. The van der Waals surface area contributed by atoms with Crippen molar-refractivity contribution in [2.45, 2.75) is 52.4 Å². The highest BCUT2D eigenvalue weighted by atomic mass is 16.1. The highest BCUT2D eigenvalue weighted by Crippen LogP contribution is 2.11. The number of anilines is 1. The van der Waals surface area contributed by atoms with E-state index in [1.807, 2.05) is 43.3 Å². The van der Waals surface area contributed by atoms with Gasteiger partial charge in [-0.15, -0.1) is 0 Å². The van der Waals surface area contributed by atoms with Crippen LogP contribution in [0.3, 0.4) is 0 Å². The third kappa shape index (κ3) is 7.86. The maximum Gasteiger partial charge on any atom is 0.211 e. The average Bonchev–Trinajstić information content (AvgIpc) is 2.62. The average molecular weight is 328 g/mol. The Morgan fingerprint density at radius 3 is 2.67 bits per heavy atom. The van der Waals surface area contributed by atoms with Crippen molar-refractivity contribution in [1.82, 2.24) is 0 Å². The van der Waals surface area contributed by atoms with Gasteiger partial charge in [0.25, 0.3) is 0 Å². The van der Waals surface area contributed by atoms with Crippen molar-refractivity contribution in [2.75, 3.05) is 11.9 Å². The number of nitrogens with one attached hydrogen (secondary N) is 1. The number of hydrogen-bond donors (Lipinski definition) is 1. The number of aliphatic imine (C=N–C) groups is 1. The summed E-state index contributed by atoms with van der Waals surface area (Å²) in [7, 11) is 0. The number of rotatable bonds is 8. The molecule has 130 valence electrons. The largest absolute Gasteiger partial charge is 0.328 e. The van der Waals surface area contributed by atoms with Crippen molar-refractivity contribution >= 4 is 23.6 Å². The van der Waals surface area contributed by atoms with Crippen LogP contribution in [-0.2, 0) is 9.59 Å². The molecular formula is C20H28N2O2. The molecule has 4 nitrogen and oxygen atoms in total. The lowest BCUT2D eigenvalue weighted by Crippen LogP contribution is -2.13. The summed E-state index contributed by atoms with van der Waals surface area (Å²) in [5.41, 5.74) is 2.64. The Morgan fingerprint density at radius 2 is 2.04 bits per heavy atom. The summed E-state index contributed by atoms with van der Waals surface area (Å²) < 4.78 is 0. The summed E-state index contributed by atoms with van der Waals surface area (Å²) in [4.78, 5) is 25.8. The number of unbranched alkanes of at least 4 members (excludes halogenated alkanes) is 3. The van der Waals surface area contributed by atoms with Crippen LogP contribution in [0.4, 0.5) is 5.69 Å². The Balaban J connectivity index is 0.000000254. The van der Waals surface area contributed by atoms with Crippen LogP contribution >= 0.6 is 0 Å². The van der Waals surface area contributed by atoms with E-state index >= 15 is 0 Å². The molecule has 1 aromatic carbocycles. The van der Waals surface area contributed by atoms with Crippen LogP contribution in [0.1, 0.15) is 51.0 Å². The fourth-order valence-corrected chi connectivity index (χ4v) is 2.33. The first kappa shape index (κ1) is 19.8. The molecule has 0 radical (unpaired) electrons. The molecule has 1 aliphatic heterocycles. The number of ketones is 1. The summed E-state index contributed by atoms with van der Waals surface area (Å²) in [5.74, 6) is 0.219. The number of aryl methyl sites for hydroxylation is 1. The van der Waals surface area contributed by atoms with E-state index in [9.17, 15) is 9.59 Å². The van der Waals surface area contributed by atoms with E-state index in [-0.39, 0.29) is 5.78 Å². The van der Waals surface area contributed by atoms with Gasteiger partial charge in [0.1, 0.15) is 5.71 Å². The number of carbonyl (C=O) groups is 2. The molecule has 1 heterocycles. The molecule has 0 spiro atoms. The SMILES string of the molecule is CCCCCCC(=O)C1=NCCC=C1.Cc1ccccc1NC=O. The molecule has 1 aromatic rings. The van der Waals surface area contributed by atoms with Crippen LogP contribution in [0, 0.1) is 6.92 Å². The van der Waals surface area contributed by atoms with E-state index in [1.165, 1.54) is 19.3 Å². The molecule has 0 bridgehead atoms. The maximum atomic E-state index is 11.6. The quantitative estimate of drug-likeness (QED) is 0.564. The molecule has 0 saturated heterocycles. The molecule has 1 aliphatic rings. The van der Waals surface area contributed by atoms with Gasteiger partial charge in [0.15, 0.2) is 5.78 Å². The van der Waals surface area contributed by atoms with E-state index < -0.39 is 0 Å². The van der Waals surface area contributed by atoms with E-state index in [2.05, 4.69) is 17.2 Å². The molecule has 1 amide bonds. The minimum Gasteiger partial charge on any atom is -0.328 e. The van der Waals surface area contributed by atoms with E-state index in [0.29, 0.717) is 18.5 Å². The van der Waals surface area contributed by atoms with Gasteiger partial charge in [0.05, 0.1) is 0 Å². The number of nitrogens with zero attached hydrogens (tertiary/aromatic N) is 1. The molecule has 24 heavy (non-hydrogen) atoms. The van der Waals surface area contributed by atoms with Crippen molar-refractivity contribution in [3.8, 4) is 0 Å². The number of dihydropyridines is 1. The number of allylic oxidation sites excluding steroid dienone is 1. The van der Waals surface area contributed by atoms with Gasteiger partial charge in [0.2, 0.25) is 6.41 Å². The van der Waals surface area contributed by atoms with Crippen LogP contribution in [0.15, 0.2) is 41.4 Å². The zero-order valence-electron chi connectivity index (χ0n) is 14.8. The molecule has 0 atom stereocenters. The van der Waals surface area contributed by atoms with E-state index in [1.54, 1.807) is 0 Å². The predicted molar refractivity (Wildman–Crippen MR) is 101 cm³/mol. The van der Waals surface area contributed by atoms with E-state index in [0.717, 1.165) is 30.6 Å². The van der Waals surface area contributed by atoms with Gasteiger partial charge in [0, 0.05) is 18.7 Å². The van der Waals surface area contributed by atoms with Gasteiger partial charge >= 0.3 is 0 Å². The van der Waals surface area contributed by atoms with Crippen LogP contribution in [0.25, 0.3) is 0 Å². The highest BCUT2D eigenvalue weighted by Gasteiger charge is 2.09. The number of amides is 1. The van der Waals surface area contributed by atoms with Gasteiger partial charge < -0.3 is 5.32 Å². The van der Waals surface area contributed by atoms with Gasteiger partial charge in [-0.1, -0.05) is 50.5 Å². The van der Waals surface area contributed by atoms with E-state index in [4.69, 9.17) is 0 Å². The molecule has 0 saturated carbocycles. The van der Waals surface area contributed by atoms with Gasteiger partial charge in [-0.2, -0.15) is 0 Å². The standard InChI is InChI=1S/C12H19NO.C8H9NO/c1-2-3-4-5-9-12(14)11-8-6-7-10-13-11;1-7-4-2-3-5-8(7)9-6-10/h6,8H,2-5,7,9-10H2,1H3;2-6H,1H3,(H,9,10). The van der Waals surface area contributed by atoms with Crippen molar-refractivity contribution < 1.29 is 9.59 Å². The second kappa shape index (κ2) is 12.2. The molecule has 1 N–H and O–H groups in total. The van der Waals surface area contributed by atoms with Crippen LogP contribution in [-0.4, -0.2) is 24.4 Å². The predicted octanol–water partition coefficient (Wildman–Crippen LogP) is 4.49. The van der Waals surface area contributed by atoms with Crippen molar-refractivity contribution in [3.63, 3.8) is 0 Å². The Kier molecular flexibility index (Phi) is 10.1. The number of hydrogen-bond acceptors (Lipinski definition) is 3. The van der Waals surface area contributed by atoms with Crippen molar-refractivity contribution in [3.05, 3.63) is 42.0 Å². The topological polar surface area (TPSA) is 58.5 Å². The number of para-hydroxylation sites is 1. The molecule has 0 aliphatic carbocycles. The fraction of sp³-hybridized carbons (Fsp3) is 0.450. The van der Waals surface area contributed by atoms with Gasteiger partial charge in [-0.25, -0.2) is 0 Å². The molecular weight excluding hydrogens is 300 g/mol. The van der Waals surface area contributed by atoms with Gasteiger partial charge in [-0.3, -0.25) is 14.6 Å². The first-order valence-corrected chi connectivity index (χ1v) is 8.69. The van der Waals surface area contributed by atoms with Crippen LogP contribution in [0.5, 0.6) is 0 Å². The van der Waals surface area contributed by atoms with Crippen molar-refractivity contribution in [1.29, 1.82) is 0 Å². The molecule has 0 aromatic heterocycles.